The van der Waals surface area contributed by atoms with Crippen LogP contribution in [0.2, 0.25) is 0 Å². The molecule has 5 nitrogen and oxygen atoms in total. The van der Waals surface area contributed by atoms with Crippen LogP contribution in [-0.2, 0) is 4.79 Å². The number of hydrogen-bond donors (Lipinski definition) is 2. The lowest BCUT2D eigenvalue weighted by atomic mass is 10.3. The number of carbonyl (C=O) groups is 1. The van der Waals surface area contributed by atoms with Crippen LogP contribution in [-0.4, -0.2) is 21.1 Å². The highest BCUT2D eigenvalue weighted by Crippen LogP contribution is 2.21. The summed E-state index contributed by atoms with van der Waals surface area (Å²) in [5, 5.41) is 3.29. The maximum atomic E-state index is 12.0. The molecule has 0 saturated heterocycles. The molecule has 6 heteroatoms. The van der Waals surface area contributed by atoms with Crippen LogP contribution in [0.15, 0.2) is 47.9 Å². The second kappa shape index (κ2) is 6.19. The van der Waals surface area contributed by atoms with E-state index in [4.69, 9.17) is 5.73 Å². The number of rotatable bonds is 4. The minimum atomic E-state index is -0.255. The van der Waals surface area contributed by atoms with E-state index in [1.807, 2.05) is 6.92 Å². The fraction of sp³-hybridized carbons (Fsp3) is 0.154. The van der Waals surface area contributed by atoms with Crippen LogP contribution in [0.1, 0.15) is 6.92 Å². The molecule has 2 aromatic rings. The molecule has 0 aliphatic rings. The topological polar surface area (TPSA) is 80.9 Å². The van der Waals surface area contributed by atoms with E-state index in [-0.39, 0.29) is 11.2 Å². The summed E-state index contributed by atoms with van der Waals surface area (Å²) in [6, 6.07) is 7.03. The average molecular weight is 274 g/mol. The standard InChI is InChI=1S/C13H14N4OS/c1-9(19-12-8-15-6-7-16-12)13(18)17-11-4-2-10(14)3-5-11/h2-9H,14H2,1H3,(H,17,18). The molecule has 0 bridgehead atoms. The van der Waals surface area contributed by atoms with Crippen LogP contribution in [0.5, 0.6) is 0 Å². The van der Waals surface area contributed by atoms with Gasteiger partial charge in [-0.1, -0.05) is 11.8 Å². The maximum absolute atomic E-state index is 12.0. The molecule has 0 aliphatic carbocycles. The average Bonchev–Trinajstić information content (AvgIpc) is 2.42. The van der Waals surface area contributed by atoms with E-state index in [1.165, 1.54) is 11.8 Å². The highest BCUT2D eigenvalue weighted by molar-refractivity contribution is 8.00. The summed E-state index contributed by atoms with van der Waals surface area (Å²) in [5.74, 6) is -0.0829. The molecule has 1 atom stereocenters. The van der Waals surface area contributed by atoms with Crippen molar-refractivity contribution >= 4 is 29.0 Å². The Bertz CT molecular complexity index is 544. The quantitative estimate of drug-likeness (QED) is 0.659. The molecule has 1 aromatic carbocycles. The van der Waals surface area contributed by atoms with Crippen molar-refractivity contribution in [3.63, 3.8) is 0 Å². The first-order chi connectivity index (χ1) is 9.15. The molecule has 98 valence electrons. The number of amides is 1. The van der Waals surface area contributed by atoms with Gasteiger partial charge in [0, 0.05) is 23.8 Å². The number of benzene rings is 1. The molecule has 0 spiro atoms. The number of nitrogens with one attached hydrogen (secondary N) is 1. The van der Waals surface area contributed by atoms with E-state index in [9.17, 15) is 4.79 Å². The van der Waals surface area contributed by atoms with Crippen molar-refractivity contribution in [1.82, 2.24) is 9.97 Å². The van der Waals surface area contributed by atoms with Crippen LogP contribution in [0.4, 0.5) is 11.4 Å². The van der Waals surface area contributed by atoms with Crippen LogP contribution >= 0.6 is 11.8 Å². The van der Waals surface area contributed by atoms with Gasteiger partial charge in [0.15, 0.2) is 0 Å². The fourth-order valence-corrected chi connectivity index (χ4v) is 2.16. The van der Waals surface area contributed by atoms with Crippen LogP contribution in [0.3, 0.4) is 0 Å². The van der Waals surface area contributed by atoms with Crippen molar-refractivity contribution in [3.8, 4) is 0 Å². The third-order valence-electron chi connectivity index (χ3n) is 2.38. The molecule has 0 fully saturated rings. The minimum Gasteiger partial charge on any atom is -0.399 e. The Hall–Kier alpha value is -2.08. The maximum Gasteiger partial charge on any atom is 0.237 e. The molecule has 3 N–H and O–H groups in total. The first-order valence-corrected chi connectivity index (χ1v) is 6.62. The van der Waals surface area contributed by atoms with Gasteiger partial charge in [0.25, 0.3) is 0 Å². The number of anilines is 2. The van der Waals surface area contributed by atoms with E-state index in [2.05, 4.69) is 15.3 Å². The van der Waals surface area contributed by atoms with Gasteiger partial charge in [0.1, 0.15) is 5.03 Å². The number of nitrogens with two attached hydrogens (primary N) is 1. The van der Waals surface area contributed by atoms with Gasteiger partial charge in [-0.15, -0.1) is 0 Å². The number of carbonyl (C=O) groups excluding carboxylic acids is 1. The van der Waals surface area contributed by atoms with Crippen molar-refractivity contribution in [3.05, 3.63) is 42.9 Å². The van der Waals surface area contributed by atoms with E-state index in [0.29, 0.717) is 5.69 Å². The summed E-state index contributed by atoms with van der Waals surface area (Å²) < 4.78 is 0. The number of thioether (sulfide) groups is 1. The number of hydrogen-bond acceptors (Lipinski definition) is 5. The summed E-state index contributed by atoms with van der Waals surface area (Å²) in [7, 11) is 0. The van der Waals surface area contributed by atoms with Crippen molar-refractivity contribution in [2.75, 3.05) is 11.1 Å². The Morgan fingerprint density at radius 1 is 1.32 bits per heavy atom. The summed E-state index contributed by atoms with van der Waals surface area (Å²) in [5.41, 5.74) is 6.98. The van der Waals surface area contributed by atoms with Gasteiger partial charge in [-0.05, 0) is 31.2 Å². The molecule has 0 aliphatic heterocycles. The highest BCUT2D eigenvalue weighted by atomic mass is 32.2. The Balaban J connectivity index is 1.94. The van der Waals surface area contributed by atoms with E-state index in [1.54, 1.807) is 42.9 Å². The lowest BCUT2D eigenvalue weighted by Crippen LogP contribution is -2.22. The molecule has 1 heterocycles. The van der Waals surface area contributed by atoms with Crippen molar-refractivity contribution in [2.24, 2.45) is 0 Å². The molecule has 1 amide bonds. The summed E-state index contributed by atoms with van der Waals surface area (Å²) in [6.07, 6.45) is 4.84. The van der Waals surface area contributed by atoms with E-state index < -0.39 is 0 Å². The first-order valence-electron chi connectivity index (χ1n) is 5.74. The van der Waals surface area contributed by atoms with Gasteiger partial charge in [0.05, 0.1) is 11.4 Å². The zero-order valence-electron chi connectivity index (χ0n) is 10.4. The molecule has 1 unspecified atom stereocenters. The fourth-order valence-electron chi connectivity index (χ4n) is 1.39. The molecular weight excluding hydrogens is 260 g/mol. The van der Waals surface area contributed by atoms with E-state index in [0.717, 1.165) is 10.7 Å². The minimum absolute atomic E-state index is 0.0829. The Kier molecular flexibility index (Phi) is 4.35. The SMILES string of the molecule is CC(Sc1cnccn1)C(=O)Nc1ccc(N)cc1. The third-order valence-corrected chi connectivity index (χ3v) is 3.40. The third kappa shape index (κ3) is 3.96. The lowest BCUT2D eigenvalue weighted by Gasteiger charge is -2.11. The van der Waals surface area contributed by atoms with Gasteiger partial charge in [-0.2, -0.15) is 0 Å². The van der Waals surface area contributed by atoms with Gasteiger partial charge in [0.2, 0.25) is 5.91 Å². The van der Waals surface area contributed by atoms with Crippen molar-refractivity contribution in [1.29, 1.82) is 0 Å². The predicted octanol–water partition coefficient (Wildman–Crippen LogP) is 2.18. The van der Waals surface area contributed by atoms with Crippen molar-refractivity contribution in [2.45, 2.75) is 17.2 Å². The van der Waals surface area contributed by atoms with E-state index >= 15 is 0 Å². The van der Waals surface area contributed by atoms with Gasteiger partial charge >= 0.3 is 0 Å². The second-order valence-corrected chi connectivity index (χ2v) is 5.28. The van der Waals surface area contributed by atoms with Crippen molar-refractivity contribution < 1.29 is 4.79 Å². The highest BCUT2D eigenvalue weighted by Gasteiger charge is 2.15. The number of nitrogen functional groups attached to an aromatic ring is 1. The van der Waals surface area contributed by atoms with Gasteiger partial charge in [-0.25, -0.2) is 4.98 Å². The second-order valence-electron chi connectivity index (χ2n) is 3.91. The zero-order valence-corrected chi connectivity index (χ0v) is 11.2. The smallest absolute Gasteiger partial charge is 0.237 e. The molecule has 0 saturated carbocycles. The largest absolute Gasteiger partial charge is 0.399 e. The molecule has 2 rings (SSSR count). The Morgan fingerprint density at radius 2 is 2.05 bits per heavy atom. The van der Waals surface area contributed by atoms with Gasteiger partial charge in [-0.3, -0.25) is 9.78 Å². The zero-order chi connectivity index (χ0) is 13.7. The molecule has 0 radical (unpaired) electrons. The normalized spacial score (nSPS) is 11.8. The summed E-state index contributed by atoms with van der Waals surface area (Å²) in [6.45, 7) is 1.83. The van der Waals surface area contributed by atoms with Crippen LogP contribution in [0.25, 0.3) is 0 Å². The molecule has 1 aromatic heterocycles. The lowest BCUT2D eigenvalue weighted by molar-refractivity contribution is -0.115. The first kappa shape index (κ1) is 13.4. The molecule has 19 heavy (non-hydrogen) atoms. The summed E-state index contributed by atoms with van der Waals surface area (Å²) in [4.78, 5) is 20.1. The summed E-state index contributed by atoms with van der Waals surface area (Å²) >= 11 is 1.36. The number of aromatic nitrogens is 2. The Labute approximate surface area is 115 Å². The Morgan fingerprint density at radius 3 is 2.68 bits per heavy atom. The predicted molar refractivity (Wildman–Crippen MR) is 76.8 cm³/mol. The number of nitrogens with zero attached hydrogens (tertiary/aromatic N) is 2. The van der Waals surface area contributed by atoms with Crippen LogP contribution < -0.4 is 11.1 Å². The van der Waals surface area contributed by atoms with Crippen LogP contribution in [0, 0.1) is 0 Å². The monoisotopic (exact) mass is 274 g/mol. The molecular formula is C13H14N4OS. The van der Waals surface area contributed by atoms with Gasteiger partial charge < -0.3 is 11.1 Å².